The van der Waals surface area contributed by atoms with E-state index in [0.717, 1.165) is 16.4 Å². The second-order valence-corrected chi connectivity index (χ2v) is 6.44. The minimum Gasteiger partial charge on any atom is -0.399 e. The van der Waals surface area contributed by atoms with Crippen molar-refractivity contribution in [2.24, 2.45) is 0 Å². The maximum atomic E-state index is 6.14. The summed E-state index contributed by atoms with van der Waals surface area (Å²) < 4.78 is 12.3. The van der Waals surface area contributed by atoms with Crippen molar-refractivity contribution in [3.8, 4) is 0 Å². The number of hydrogen-bond acceptors (Lipinski definition) is 3. The third-order valence-electron chi connectivity index (χ3n) is 4.60. The Morgan fingerprint density at radius 1 is 1.00 bits per heavy atom. The van der Waals surface area contributed by atoms with Crippen molar-refractivity contribution in [1.82, 2.24) is 4.98 Å². The smallest absolute Gasteiger partial charge is 0.399 e. The molecule has 104 valence electrons. The topological polar surface area (TPSA) is 31.4 Å². The SMILES string of the molecule is Cc1c(B2OC(C)(C)C(C)(C)O2)ccc2ncccc12. The first-order chi connectivity index (χ1) is 9.32. The molecular formula is C16H20BNO2. The quantitative estimate of drug-likeness (QED) is 0.746. The first-order valence-electron chi connectivity index (χ1n) is 7.02. The van der Waals surface area contributed by atoms with E-state index in [0.29, 0.717) is 0 Å². The molecular weight excluding hydrogens is 249 g/mol. The van der Waals surface area contributed by atoms with Gasteiger partial charge in [-0.05, 0) is 57.8 Å². The highest BCUT2D eigenvalue weighted by Gasteiger charge is 2.52. The zero-order chi connectivity index (χ0) is 14.5. The average Bonchev–Trinajstić information content (AvgIpc) is 2.59. The van der Waals surface area contributed by atoms with E-state index in [4.69, 9.17) is 9.31 Å². The van der Waals surface area contributed by atoms with Crippen molar-refractivity contribution in [3.05, 3.63) is 36.0 Å². The molecule has 2 heterocycles. The van der Waals surface area contributed by atoms with E-state index in [1.165, 1.54) is 5.56 Å². The van der Waals surface area contributed by atoms with Gasteiger partial charge >= 0.3 is 7.12 Å². The van der Waals surface area contributed by atoms with Gasteiger partial charge in [-0.25, -0.2) is 0 Å². The van der Waals surface area contributed by atoms with Crippen LogP contribution in [-0.4, -0.2) is 23.3 Å². The van der Waals surface area contributed by atoms with Gasteiger partial charge in [-0.3, -0.25) is 4.98 Å². The molecule has 0 spiro atoms. The van der Waals surface area contributed by atoms with Crippen molar-refractivity contribution < 1.29 is 9.31 Å². The van der Waals surface area contributed by atoms with E-state index in [-0.39, 0.29) is 18.3 Å². The van der Waals surface area contributed by atoms with Gasteiger partial charge in [0.15, 0.2) is 0 Å². The fourth-order valence-corrected chi connectivity index (χ4v) is 2.54. The van der Waals surface area contributed by atoms with Crippen LogP contribution >= 0.6 is 0 Å². The van der Waals surface area contributed by atoms with E-state index in [2.05, 4.69) is 51.7 Å². The van der Waals surface area contributed by atoms with Gasteiger partial charge in [0.2, 0.25) is 0 Å². The normalized spacial score (nSPS) is 20.6. The van der Waals surface area contributed by atoms with Crippen molar-refractivity contribution >= 4 is 23.5 Å². The Balaban J connectivity index is 2.06. The molecule has 0 aliphatic carbocycles. The summed E-state index contributed by atoms with van der Waals surface area (Å²) in [6.45, 7) is 10.4. The van der Waals surface area contributed by atoms with E-state index in [1.54, 1.807) is 0 Å². The molecule has 1 aliphatic rings. The fourth-order valence-electron chi connectivity index (χ4n) is 2.54. The van der Waals surface area contributed by atoms with Crippen LogP contribution in [0.3, 0.4) is 0 Å². The molecule has 0 saturated carbocycles. The lowest BCUT2D eigenvalue weighted by molar-refractivity contribution is 0.00578. The van der Waals surface area contributed by atoms with Gasteiger partial charge in [0, 0.05) is 11.6 Å². The van der Waals surface area contributed by atoms with Gasteiger partial charge in [0.25, 0.3) is 0 Å². The molecule has 4 heteroatoms. The Bertz CT molecular complexity index is 651. The van der Waals surface area contributed by atoms with Crippen LogP contribution in [0, 0.1) is 6.92 Å². The summed E-state index contributed by atoms with van der Waals surface area (Å²) in [5.41, 5.74) is 2.64. The molecule has 1 aromatic heterocycles. The molecule has 0 N–H and O–H groups in total. The first kappa shape index (κ1) is 13.6. The largest absolute Gasteiger partial charge is 0.495 e. The van der Waals surface area contributed by atoms with E-state index >= 15 is 0 Å². The Morgan fingerprint density at radius 2 is 1.65 bits per heavy atom. The van der Waals surface area contributed by atoms with E-state index in [9.17, 15) is 0 Å². The molecule has 0 bridgehead atoms. The van der Waals surface area contributed by atoms with Crippen molar-refractivity contribution in [2.75, 3.05) is 0 Å². The zero-order valence-electron chi connectivity index (χ0n) is 12.7. The number of aromatic nitrogens is 1. The van der Waals surface area contributed by atoms with Gasteiger partial charge in [-0.15, -0.1) is 0 Å². The van der Waals surface area contributed by atoms with Gasteiger partial charge in [-0.2, -0.15) is 0 Å². The fraction of sp³-hybridized carbons (Fsp3) is 0.438. The summed E-state index contributed by atoms with van der Waals surface area (Å²) in [6.07, 6.45) is 1.82. The number of benzene rings is 1. The number of pyridine rings is 1. The third kappa shape index (κ3) is 1.95. The second kappa shape index (κ2) is 4.30. The number of rotatable bonds is 1. The van der Waals surface area contributed by atoms with Gasteiger partial charge in [-0.1, -0.05) is 12.1 Å². The van der Waals surface area contributed by atoms with Crippen molar-refractivity contribution in [1.29, 1.82) is 0 Å². The molecule has 0 amide bonds. The second-order valence-electron chi connectivity index (χ2n) is 6.44. The predicted octanol–water partition coefficient (Wildman–Crippen LogP) is 2.84. The molecule has 0 radical (unpaired) electrons. The van der Waals surface area contributed by atoms with Crippen LogP contribution < -0.4 is 5.46 Å². The number of fused-ring (bicyclic) bond motifs is 1. The van der Waals surface area contributed by atoms with Crippen LogP contribution in [0.1, 0.15) is 33.3 Å². The first-order valence-corrected chi connectivity index (χ1v) is 7.02. The molecule has 20 heavy (non-hydrogen) atoms. The maximum Gasteiger partial charge on any atom is 0.495 e. The Morgan fingerprint density at radius 3 is 2.30 bits per heavy atom. The highest BCUT2D eigenvalue weighted by molar-refractivity contribution is 6.63. The van der Waals surface area contributed by atoms with Crippen LogP contribution in [0.25, 0.3) is 10.9 Å². The van der Waals surface area contributed by atoms with E-state index < -0.39 is 0 Å². The molecule has 1 aromatic carbocycles. The summed E-state index contributed by atoms with van der Waals surface area (Å²) in [7, 11) is -0.315. The highest BCUT2D eigenvalue weighted by atomic mass is 16.7. The number of aryl methyl sites for hydroxylation is 1. The summed E-state index contributed by atoms with van der Waals surface area (Å²) in [4.78, 5) is 4.39. The van der Waals surface area contributed by atoms with Crippen LogP contribution in [-0.2, 0) is 9.31 Å². The van der Waals surface area contributed by atoms with Crippen LogP contribution in [0.4, 0.5) is 0 Å². The summed E-state index contributed by atoms with van der Waals surface area (Å²) in [5, 5.41) is 1.15. The molecule has 2 aromatic rings. The maximum absolute atomic E-state index is 6.14. The highest BCUT2D eigenvalue weighted by Crippen LogP contribution is 2.36. The Hall–Kier alpha value is -1.39. The summed E-state index contributed by atoms with van der Waals surface area (Å²) in [5.74, 6) is 0. The van der Waals surface area contributed by atoms with Crippen LogP contribution in [0.2, 0.25) is 0 Å². The molecule has 1 fully saturated rings. The molecule has 3 rings (SSSR count). The number of nitrogens with zero attached hydrogens (tertiary/aromatic N) is 1. The summed E-state index contributed by atoms with van der Waals surface area (Å²) in [6, 6.07) is 8.14. The predicted molar refractivity (Wildman–Crippen MR) is 82.2 cm³/mol. The lowest BCUT2D eigenvalue weighted by Gasteiger charge is -2.32. The minimum atomic E-state index is -0.315. The molecule has 0 unspecified atom stereocenters. The lowest BCUT2D eigenvalue weighted by Crippen LogP contribution is -2.41. The monoisotopic (exact) mass is 269 g/mol. The third-order valence-corrected chi connectivity index (χ3v) is 4.60. The minimum absolute atomic E-state index is 0.312. The number of hydrogen-bond donors (Lipinski definition) is 0. The Kier molecular flexibility index (Phi) is 2.92. The van der Waals surface area contributed by atoms with E-state index in [1.807, 2.05) is 18.3 Å². The molecule has 1 saturated heterocycles. The lowest BCUT2D eigenvalue weighted by atomic mass is 9.75. The van der Waals surface area contributed by atoms with Crippen LogP contribution in [0.5, 0.6) is 0 Å². The average molecular weight is 269 g/mol. The molecule has 0 atom stereocenters. The van der Waals surface area contributed by atoms with Gasteiger partial charge in [0.1, 0.15) is 0 Å². The zero-order valence-corrected chi connectivity index (χ0v) is 12.7. The Labute approximate surface area is 120 Å². The summed E-state index contributed by atoms with van der Waals surface area (Å²) >= 11 is 0. The van der Waals surface area contributed by atoms with Gasteiger partial charge in [0.05, 0.1) is 16.7 Å². The molecule has 3 nitrogen and oxygen atoms in total. The standard InChI is InChI=1S/C16H20BNO2/c1-11-12-7-6-10-18-14(12)9-8-13(11)17-19-15(2,3)16(4,5)20-17/h6-10H,1-5H3. The van der Waals surface area contributed by atoms with Crippen molar-refractivity contribution in [3.63, 3.8) is 0 Å². The van der Waals surface area contributed by atoms with Gasteiger partial charge < -0.3 is 9.31 Å². The van der Waals surface area contributed by atoms with Crippen molar-refractivity contribution in [2.45, 2.75) is 45.8 Å². The van der Waals surface area contributed by atoms with Crippen LogP contribution in [0.15, 0.2) is 30.5 Å². The molecule has 1 aliphatic heterocycles.